The molecule has 0 bridgehead atoms. The molecule has 0 radical (unpaired) electrons. The maximum Gasteiger partial charge on any atom is -0.0394 e. The summed E-state index contributed by atoms with van der Waals surface area (Å²) in [6, 6.07) is 0. The monoisotopic (exact) mass is 240 g/mol. The van der Waals surface area contributed by atoms with Crippen LogP contribution in [0.5, 0.6) is 0 Å². The van der Waals surface area contributed by atoms with E-state index >= 15 is 0 Å². The molecule has 17 heavy (non-hydrogen) atoms. The van der Waals surface area contributed by atoms with E-state index in [2.05, 4.69) is 41.5 Å². The first-order valence-electron chi connectivity index (χ1n) is 8.04. The van der Waals surface area contributed by atoms with Gasteiger partial charge >= 0.3 is 0 Å². The first kappa shape index (κ1) is 17.0. The lowest BCUT2D eigenvalue weighted by Gasteiger charge is -2.24. The van der Waals surface area contributed by atoms with Gasteiger partial charge < -0.3 is 0 Å². The Labute approximate surface area is 111 Å². The zero-order valence-electron chi connectivity index (χ0n) is 13.3. The summed E-state index contributed by atoms with van der Waals surface area (Å²) in [5, 5.41) is 0. The van der Waals surface area contributed by atoms with Gasteiger partial charge in [0.1, 0.15) is 0 Å². The molecule has 0 aromatic heterocycles. The minimum atomic E-state index is 0.870. The molecule has 0 nitrogen and oxygen atoms in total. The molecule has 0 heterocycles. The van der Waals surface area contributed by atoms with Gasteiger partial charge in [-0.25, -0.2) is 0 Å². The van der Waals surface area contributed by atoms with E-state index in [9.17, 15) is 0 Å². The summed E-state index contributed by atoms with van der Waals surface area (Å²) in [6.07, 6.45) is 9.86. The number of hydrogen-bond donors (Lipinski definition) is 0. The minimum absolute atomic E-state index is 0.870. The summed E-state index contributed by atoms with van der Waals surface area (Å²) in [4.78, 5) is 0. The van der Waals surface area contributed by atoms with E-state index in [4.69, 9.17) is 0 Å². The van der Waals surface area contributed by atoms with Gasteiger partial charge in [-0.05, 0) is 30.1 Å². The highest BCUT2D eigenvalue weighted by molar-refractivity contribution is 4.68. The molecule has 2 atom stereocenters. The third-order valence-corrected chi connectivity index (χ3v) is 4.39. The van der Waals surface area contributed by atoms with Gasteiger partial charge in [0.25, 0.3) is 0 Å². The molecule has 0 saturated heterocycles. The van der Waals surface area contributed by atoms with Crippen LogP contribution in [0.2, 0.25) is 0 Å². The van der Waals surface area contributed by atoms with Crippen molar-refractivity contribution in [2.24, 2.45) is 23.7 Å². The van der Waals surface area contributed by atoms with Gasteiger partial charge in [-0.2, -0.15) is 0 Å². The van der Waals surface area contributed by atoms with E-state index in [1.54, 1.807) is 0 Å². The topological polar surface area (TPSA) is 0 Å². The molecule has 0 aliphatic heterocycles. The molecule has 0 aromatic rings. The van der Waals surface area contributed by atoms with Crippen LogP contribution in [0.15, 0.2) is 0 Å². The fourth-order valence-electron chi connectivity index (χ4n) is 3.28. The summed E-state index contributed by atoms with van der Waals surface area (Å²) in [5.74, 6) is 3.74. The molecule has 2 unspecified atom stereocenters. The van der Waals surface area contributed by atoms with Crippen molar-refractivity contribution in [3.8, 4) is 0 Å². The second-order valence-electron chi connectivity index (χ2n) is 6.42. The van der Waals surface area contributed by atoms with Gasteiger partial charge in [-0.1, -0.05) is 80.1 Å². The van der Waals surface area contributed by atoms with E-state index in [1.165, 1.54) is 44.9 Å². The molecule has 0 N–H and O–H groups in total. The van der Waals surface area contributed by atoms with Crippen molar-refractivity contribution < 1.29 is 0 Å². The summed E-state index contributed by atoms with van der Waals surface area (Å²) in [7, 11) is 0. The largest absolute Gasteiger partial charge is 0.0654 e. The second kappa shape index (κ2) is 9.97. The Hall–Kier alpha value is 0. The molecular formula is C17H36. The summed E-state index contributed by atoms with van der Waals surface area (Å²) >= 11 is 0. The molecule has 104 valence electrons. The minimum Gasteiger partial charge on any atom is -0.0654 e. The van der Waals surface area contributed by atoms with Crippen LogP contribution in [0.3, 0.4) is 0 Å². The van der Waals surface area contributed by atoms with Crippen molar-refractivity contribution in [3.05, 3.63) is 0 Å². The average Bonchev–Trinajstić information content (AvgIpc) is 2.27. The zero-order valence-corrected chi connectivity index (χ0v) is 13.3. The smallest absolute Gasteiger partial charge is 0.0394 e. The number of rotatable bonds is 10. The standard InChI is InChI=1S/C17H36/c1-7-10-16(13-14(4)5)12-11-15(6)17(8-2)9-3/h14-17H,7-13H2,1-6H3. The lowest BCUT2D eigenvalue weighted by Crippen LogP contribution is -2.13. The molecule has 0 rings (SSSR count). The lowest BCUT2D eigenvalue weighted by atomic mass is 9.81. The SMILES string of the molecule is CCCC(CCC(C)C(CC)CC)CC(C)C. The van der Waals surface area contributed by atoms with Crippen molar-refractivity contribution in [1.82, 2.24) is 0 Å². The predicted octanol–water partition coefficient (Wildman–Crippen LogP) is 6.30. The Bertz CT molecular complexity index is 155. The molecule has 0 amide bonds. The highest BCUT2D eigenvalue weighted by Crippen LogP contribution is 2.29. The average molecular weight is 240 g/mol. The van der Waals surface area contributed by atoms with E-state index in [0.717, 1.165) is 23.7 Å². The summed E-state index contributed by atoms with van der Waals surface area (Å²) in [5.41, 5.74) is 0. The molecule has 0 spiro atoms. The Morgan fingerprint density at radius 3 is 1.76 bits per heavy atom. The summed E-state index contributed by atoms with van der Waals surface area (Å²) < 4.78 is 0. The molecule has 0 saturated carbocycles. The molecule has 0 fully saturated rings. The third kappa shape index (κ3) is 7.84. The van der Waals surface area contributed by atoms with E-state index in [-0.39, 0.29) is 0 Å². The van der Waals surface area contributed by atoms with Crippen LogP contribution in [0, 0.1) is 23.7 Å². The van der Waals surface area contributed by atoms with Crippen LogP contribution in [-0.2, 0) is 0 Å². The molecular weight excluding hydrogens is 204 g/mol. The van der Waals surface area contributed by atoms with Gasteiger partial charge in [0.05, 0.1) is 0 Å². The second-order valence-corrected chi connectivity index (χ2v) is 6.42. The van der Waals surface area contributed by atoms with Crippen LogP contribution < -0.4 is 0 Å². The fourth-order valence-corrected chi connectivity index (χ4v) is 3.28. The quantitative estimate of drug-likeness (QED) is 0.420. The van der Waals surface area contributed by atoms with Crippen molar-refractivity contribution >= 4 is 0 Å². The summed E-state index contributed by atoms with van der Waals surface area (Å²) in [6.45, 7) is 14.2. The van der Waals surface area contributed by atoms with Crippen LogP contribution in [0.1, 0.15) is 86.5 Å². The van der Waals surface area contributed by atoms with Crippen molar-refractivity contribution in [3.63, 3.8) is 0 Å². The first-order chi connectivity index (χ1) is 8.04. The first-order valence-corrected chi connectivity index (χ1v) is 8.04. The van der Waals surface area contributed by atoms with Gasteiger partial charge in [0, 0.05) is 0 Å². The van der Waals surface area contributed by atoms with Gasteiger partial charge in [0.15, 0.2) is 0 Å². The Kier molecular flexibility index (Phi) is 9.97. The van der Waals surface area contributed by atoms with E-state index < -0.39 is 0 Å². The Morgan fingerprint density at radius 1 is 0.765 bits per heavy atom. The molecule has 0 aliphatic rings. The maximum absolute atomic E-state index is 2.47. The van der Waals surface area contributed by atoms with Crippen molar-refractivity contribution in [2.75, 3.05) is 0 Å². The van der Waals surface area contributed by atoms with Crippen LogP contribution in [0.4, 0.5) is 0 Å². The lowest BCUT2D eigenvalue weighted by molar-refractivity contribution is 0.270. The van der Waals surface area contributed by atoms with E-state index in [1.807, 2.05) is 0 Å². The molecule has 0 heteroatoms. The Balaban J connectivity index is 4.01. The van der Waals surface area contributed by atoms with Gasteiger partial charge in [0.2, 0.25) is 0 Å². The third-order valence-electron chi connectivity index (χ3n) is 4.39. The molecule has 0 aliphatic carbocycles. The van der Waals surface area contributed by atoms with Crippen LogP contribution in [0.25, 0.3) is 0 Å². The van der Waals surface area contributed by atoms with Gasteiger partial charge in [-0.3, -0.25) is 0 Å². The van der Waals surface area contributed by atoms with Gasteiger partial charge in [-0.15, -0.1) is 0 Å². The molecule has 0 aromatic carbocycles. The predicted molar refractivity (Wildman–Crippen MR) is 80.3 cm³/mol. The Morgan fingerprint density at radius 2 is 1.35 bits per heavy atom. The van der Waals surface area contributed by atoms with Crippen molar-refractivity contribution in [1.29, 1.82) is 0 Å². The van der Waals surface area contributed by atoms with E-state index in [0.29, 0.717) is 0 Å². The van der Waals surface area contributed by atoms with Crippen LogP contribution >= 0.6 is 0 Å². The van der Waals surface area contributed by atoms with Crippen LogP contribution in [-0.4, -0.2) is 0 Å². The zero-order chi connectivity index (χ0) is 13.3. The maximum atomic E-state index is 2.47. The highest BCUT2D eigenvalue weighted by Gasteiger charge is 2.16. The van der Waals surface area contributed by atoms with Crippen molar-refractivity contribution in [2.45, 2.75) is 86.5 Å². The number of hydrogen-bond acceptors (Lipinski definition) is 0. The fraction of sp³-hybridized carbons (Fsp3) is 1.00. The normalized spacial score (nSPS) is 15.5. The highest BCUT2D eigenvalue weighted by atomic mass is 14.2.